The molecule has 3 rings (SSSR count). The van der Waals surface area contributed by atoms with Crippen molar-refractivity contribution in [2.75, 3.05) is 0 Å². The quantitative estimate of drug-likeness (QED) is 0.512. The Labute approximate surface area is 171 Å². The largest absolute Gasteiger partial charge is 0.489 e. The lowest BCUT2D eigenvalue weighted by molar-refractivity contribution is -0.137. The zero-order valence-electron chi connectivity index (χ0n) is 17.4. The van der Waals surface area contributed by atoms with E-state index in [9.17, 15) is 13.2 Å². The van der Waals surface area contributed by atoms with E-state index in [1.54, 1.807) is 0 Å². The molecule has 1 nitrogen and oxygen atoms in total. The Bertz CT molecular complexity index is 928. The Hall–Kier alpha value is -2.41. The minimum Gasteiger partial charge on any atom is -0.489 e. The number of hydrogen-bond acceptors (Lipinski definition) is 1. The molecule has 1 aliphatic carbocycles. The van der Waals surface area contributed by atoms with Crippen LogP contribution in [0, 0.1) is 12.3 Å². The van der Waals surface area contributed by atoms with Gasteiger partial charge >= 0.3 is 6.18 Å². The van der Waals surface area contributed by atoms with Crippen molar-refractivity contribution in [2.45, 2.75) is 70.6 Å². The maximum Gasteiger partial charge on any atom is 0.416 e. The maximum absolute atomic E-state index is 12.8. The van der Waals surface area contributed by atoms with Gasteiger partial charge in [-0.25, -0.2) is 0 Å². The van der Waals surface area contributed by atoms with E-state index in [-0.39, 0.29) is 17.4 Å². The molecule has 2 aromatic carbocycles. The summed E-state index contributed by atoms with van der Waals surface area (Å²) in [5, 5.41) is 0. The van der Waals surface area contributed by atoms with Gasteiger partial charge in [-0.3, -0.25) is 0 Å². The highest BCUT2D eigenvalue weighted by Crippen LogP contribution is 2.50. The Morgan fingerprint density at radius 3 is 2.17 bits per heavy atom. The second-order valence-corrected chi connectivity index (χ2v) is 9.15. The molecule has 0 aromatic heterocycles. The molecule has 0 N–H and O–H groups in total. The average Bonchev–Trinajstić information content (AvgIpc) is 2.63. The molecule has 0 aliphatic heterocycles. The van der Waals surface area contributed by atoms with Crippen molar-refractivity contribution >= 4 is 0 Å². The second-order valence-electron chi connectivity index (χ2n) is 9.15. The molecule has 0 unspecified atom stereocenters. The summed E-state index contributed by atoms with van der Waals surface area (Å²) >= 11 is 0. The smallest absolute Gasteiger partial charge is 0.416 e. The first-order valence-corrected chi connectivity index (χ1v) is 9.84. The summed E-state index contributed by atoms with van der Waals surface area (Å²) in [4.78, 5) is 0. The van der Waals surface area contributed by atoms with Gasteiger partial charge < -0.3 is 4.74 Å². The highest BCUT2D eigenvalue weighted by molar-refractivity contribution is 5.53. The van der Waals surface area contributed by atoms with Crippen molar-refractivity contribution in [2.24, 2.45) is 0 Å². The fraction of sp³-hybridized carbons (Fsp3) is 0.440. The Morgan fingerprint density at radius 2 is 1.59 bits per heavy atom. The molecular formula is C25H27F3O. The molecule has 0 saturated carbocycles. The molecule has 0 radical (unpaired) electrons. The highest BCUT2D eigenvalue weighted by Gasteiger charge is 2.39. The first-order chi connectivity index (χ1) is 13.4. The van der Waals surface area contributed by atoms with E-state index in [1.807, 2.05) is 6.07 Å². The summed E-state index contributed by atoms with van der Waals surface area (Å²) in [5.41, 5.74) is 3.47. The van der Waals surface area contributed by atoms with Crippen LogP contribution in [0.1, 0.15) is 68.4 Å². The molecule has 0 atom stereocenters. The number of rotatable bonds is 4. The number of alkyl halides is 3. The Morgan fingerprint density at radius 1 is 0.966 bits per heavy atom. The van der Waals surface area contributed by atoms with Crippen molar-refractivity contribution < 1.29 is 17.9 Å². The van der Waals surface area contributed by atoms with Gasteiger partial charge in [-0.05, 0) is 58.6 Å². The predicted octanol–water partition coefficient (Wildman–Crippen LogP) is 6.81. The van der Waals surface area contributed by atoms with E-state index < -0.39 is 11.7 Å². The number of fused-ring (bicyclic) bond motifs is 1. The fourth-order valence-corrected chi connectivity index (χ4v) is 4.07. The molecule has 29 heavy (non-hydrogen) atoms. The summed E-state index contributed by atoms with van der Waals surface area (Å²) < 4.78 is 44.5. The van der Waals surface area contributed by atoms with Crippen LogP contribution in [-0.2, 0) is 30.0 Å². The lowest BCUT2D eigenvalue weighted by atomic mass is 9.62. The summed E-state index contributed by atoms with van der Waals surface area (Å²) in [6, 6.07) is 9.31. The minimum atomic E-state index is -4.34. The first-order valence-electron chi connectivity index (χ1n) is 9.84. The molecule has 0 amide bonds. The molecule has 0 saturated heterocycles. The SMILES string of the molecule is C#CCc1cc(OCc2ccc(C(F)(F)F)cc2)c2c(c1)C(C)(C)CCC2(C)C. The molecule has 1 aliphatic rings. The van der Waals surface area contributed by atoms with Crippen LogP contribution in [0.15, 0.2) is 36.4 Å². The zero-order chi connectivity index (χ0) is 21.4. The van der Waals surface area contributed by atoms with E-state index in [0.717, 1.165) is 36.3 Å². The van der Waals surface area contributed by atoms with Crippen molar-refractivity contribution in [3.63, 3.8) is 0 Å². The third-order valence-electron chi connectivity index (χ3n) is 5.92. The normalized spacial score (nSPS) is 17.3. The fourth-order valence-electron chi connectivity index (χ4n) is 4.07. The van der Waals surface area contributed by atoms with E-state index >= 15 is 0 Å². The zero-order valence-corrected chi connectivity index (χ0v) is 17.4. The van der Waals surface area contributed by atoms with Gasteiger partial charge in [0.2, 0.25) is 0 Å². The van der Waals surface area contributed by atoms with Crippen LogP contribution < -0.4 is 4.74 Å². The van der Waals surface area contributed by atoms with Gasteiger partial charge in [0.15, 0.2) is 0 Å². The number of benzene rings is 2. The van der Waals surface area contributed by atoms with Crippen LogP contribution in [0.3, 0.4) is 0 Å². The monoisotopic (exact) mass is 400 g/mol. The van der Waals surface area contributed by atoms with Crippen LogP contribution in [0.5, 0.6) is 5.75 Å². The van der Waals surface area contributed by atoms with Gasteiger partial charge in [0.25, 0.3) is 0 Å². The maximum atomic E-state index is 12.8. The van der Waals surface area contributed by atoms with E-state index in [2.05, 4.69) is 39.7 Å². The standard InChI is InChI=1S/C25H27F3O/c1-6-7-18-14-20-22(24(4,5)13-12-23(20,2)3)21(15-18)29-16-17-8-10-19(11-9-17)25(26,27)28/h1,8-11,14-15H,7,12-13,16H2,2-5H3. The topological polar surface area (TPSA) is 9.23 Å². The number of hydrogen-bond donors (Lipinski definition) is 0. The summed E-state index contributed by atoms with van der Waals surface area (Å²) in [6.07, 6.45) is 3.83. The van der Waals surface area contributed by atoms with Crippen molar-refractivity contribution in [3.8, 4) is 18.1 Å². The van der Waals surface area contributed by atoms with Crippen LogP contribution in [0.4, 0.5) is 13.2 Å². The molecular weight excluding hydrogens is 373 g/mol. The number of ether oxygens (including phenoxy) is 1. The van der Waals surface area contributed by atoms with Crippen molar-refractivity contribution in [3.05, 3.63) is 64.2 Å². The van der Waals surface area contributed by atoms with Gasteiger partial charge in [0, 0.05) is 12.0 Å². The lowest BCUT2D eigenvalue weighted by Crippen LogP contribution is -2.34. The second kappa shape index (κ2) is 7.44. The molecule has 0 fully saturated rings. The third-order valence-corrected chi connectivity index (χ3v) is 5.92. The van der Waals surface area contributed by atoms with Gasteiger partial charge in [-0.1, -0.05) is 45.9 Å². The van der Waals surface area contributed by atoms with Gasteiger partial charge in [0.1, 0.15) is 12.4 Å². The summed E-state index contributed by atoms with van der Waals surface area (Å²) in [6.45, 7) is 9.11. The van der Waals surface area contributed by atoms with Crippen molar-refractivity contribution in [1.82, 2.24) is 0 Å². The summed E-state index contributed by atoms with van der Waals surface area (Å²) in [5.74, 6) is 3.48. The van der Waals surface area contributed by atoms with Gasteiger partial charge in [-0.15, -0.1) is 12.3 Å². The minimum absolute atomic E-state index is 0.0158. The van der Waals surface area contributed by atoms with E-state index in [0.29, 0.717) is 12.0 Å². The first kappa shape index (κ1) is 21.3. The summed E-state index contributed by atoms with van der Waals surface area (Å²) in [7, 11) is 0. The Balaban J connectivity index is 1.96. The van der Waals surface area contributed by atoms with E-state index in [4.69, 9.17) is 11.2 Å². The predicted molar refractivity (Wildman–Crippen MR) is 110 cm³/mol. The molecule has 0 spiro atoms. The van der Waals surface area contributed by atoms with Crippen LogP contribution in [0.2, 0.25) is 0 Å². The number of halogens is 3. The molecule has 0 bridgehead atoms. The molecule has 4 heteroatoms. The Kier molecular flexibility index (Phi) is 5.47. The molecule has 154 valence electrons. The average molecular weight is 400 g/mol. The number of terminal acetylenes is 1. The van der Waals surface area contributed by atoms with Gasteiger partial charge in [0.05, 0.1) is 5.56 Å². The van der Waals surface area contributed by atoms with Crippen LogP contribution in [-0.4, -0.2) is 0 Å². The van der Waals surface area contributed by atoms with Gasteiger partial charge in [-0.2, -0.15) is 13.2 Å². The van der Waals surface area contributed by atoms with Crippen LogP contribution in [0.25, 0.3) is 0 Å². The third kappa shape index (κ3) is 4.45. The van der Waals surface area contributed by atoms with Crippen molar-refractivity contribution in [1.29, 1.82) is 0 Å². The lowest BCUT2D eigenvalue weighted by Gasteiger charge is -2.43. The van der Waals surface area contributed by atoms with E-state index in [1.165, 1.54) is 23.3 Å². The van der Waals surface area contributed by atoms with Crippen LogP contribution >= 0.6 is 0 Å². The molecule has 0 heterocycles. The highest BCUT2D eigenvalue weighted by atomic mass is 19.4. The molecule has 2 aromatic rings.